The molecule has 1 aromatic rings. The number of rotatable bonds is 7. The van der Waals surface area contributed by atoms with Crippen molar-refractivity contribution in [3.8, 4) is 6.07 Å². The van der Waals surface area contributed by atoms with Crippen LogP contribution in [0, 0.1) is 11.3 Å². The molecule has 0 radical (unpaired) electrons. The van der Waals surface area contributed by atoms with E-state index in [9.17, 15) is 0 Å². The highest BCUT2D eigenvalue weighted by atomic mass is 15.2. The van der Waals surface area contributed by atoms with Crippen LogP contribution in [0.15, 0.2) is 6.07 Å². The molecule has 0 amide bonds. The Labute approximate surface area is 115 Å². The molecule has 0 saturated carbocycles. The minimum absolute atomic E-state index is 0.308. The molecule has 1 N–H and O–H groups in total. The molecule has 0 aliphatic carbocycles. The summed E-state index contributed by atoms with van der Waals surface area (Å²) in [7, 11) is 0. The average Bonchev–Trinajstić information content (AvgIpc) is 2.39. The van der Waals surface area contributed by atoms with Crippen LogP contribution < -0.4 is 10.2 Å². The van der Waals surface area contributed by atoms with Crippen molar-refractivity contribution in [1.82, 2.24) is 9.97 Å². The van der Waals surface area contributed by atoms with Crippen LogP contribution in [0.3, 0.4) is 0 Å². The molecule has 0 aromatic carbocycles. The van der Waals surface area contributed by atoms with Gasteiger partial charge in [0.2, 0.25) is 0 Å². The van der Waals surface area contributed by atoms with Gasteiger partial charge < -0.3 is 10.2 Å². The Morgan fingerprint density at radius 2 is 2.11 bits per heavy atom. The second-order valence-corrected chi connectivity index (χ2v) is 4.61. The lowest BCUT2D eigenvalue weighted by Crippen LogP contribution is -2.32. The van der Waals surface area contributed by atoms with Gasteiger partial charge in [-0.3, -0.25) is 0 Å². The van der Waals surface area contributed by atoms with Crippen molar-refractivity contribution in [1.29, 1.82) is 5.26 Å². The Kier molecular flexibility index (Phi) is 6.07. The summed E-state index contributed by atoms with van der Waals surface area (Å²) in [6.07, 6.45) is 1.30. The van der Waals surface area contributed by atoms with E-state index in [2.05, 4.69) is 40.1 Å². The fourth-order valence-electron chi connectivity index (χ4n) is 1.87. The first-order chi connectivity index (χ1) is 9.12. The zero-order valence-corrected chi connectivity index (χ0v) is 12.3. The van der Waals surface area contributed by atoms with Gasteiger partial charge in [-0.1, -0.05) is 6.92 Å². The van der Waals surface area contributed by atoms with Crippen LogP contribution in [0.2, 0.25) is 0 Å². The topological polar surface area (TPSA) is 64.8 Å². The molecule has 0 aliphatic rings. The first-order valence-electron chi connectivity index (χ1n) is 6.87. The summed E-state index contributed by atoms with van der Waals surface area (Å²) in [6.45, 7) is 9.84. The van der Waals surface area contributed by atoms with Gasteiger partial charge in [-0.15, -0.1) is 0 Å². The Morgan fingerprint density at radius 3 is 2.63 bits per heavy atom. The summed E-state index contributed by atoms with van der Waals surface area (Å²) in [5, 5.41) is 12.0. The largest absolute Gasteiger partial charge is 0.370 e. The number of nitriles is 1. The average molecular weight is 261 g/mol. The van der Waals surface area contributed by atoms with E-state index >= 15 is 0 Å². The number of nitrogens with zero attached hydrogens (tertiary/aromatic N) is 4. The Morgan fingerprint density at radius 1 is 1.37 bits per heavy atom. The second-order valence-electron chi connectivity index (χ2n) is 4.61. The van der Waals surface area contributed by atoms with E-state index in [1.165, 1.54) is 0 Å². The molecule has 5 nitrogen and oxygen atoms in total. The van der Waals surface area contributed by atoms with Crippen molar-refractivity contribution in [2.75, 3.05) is 23.3 Å². The van der Waals surface area contributed by atoms with Crippen molar-refractivity contribution in [3.05, 3.63) is 11.9 Å². The Balaban J connectivity index is 3.06. The Bertz CT molecular complexity index is 436. The molecule has 0 unspecified atom stereocenters. The monoisotopic (exact) mass is 261 g/mol. The van der Waals surface area contributed by atoms with Crippen molar-refractivity contribution in [2.45, 2.75) is 46.6 Å². The van der Waals surface area contributed by atoms with Gasteiger partial charge in [-0.2, -0.15) is 5.26 Å². The predicted molar refractivity (Wildman–Crippen MR) is 78.3 cm³/mol. The molecular weight excluding hydrogens is 238 g/mol. The van der Waals surface area contributed by atoms with E-state index in [1.54, 1.807) is 0 Å². The SMILES string of the molecule is CCNc1cc(N(CCC#N)C(C)C)nc(CC)n1. The molecule has 1 heterocycles. The van der Waals surface area contributed by atoms with E-state index in [0.717, 1.165) is 30.4 Å². The van der Waals surface area contributed by atoms with E-state index in [-0.39, 0.29) is 0 Å². The van der Waals surface area contributed by atoms with Crippen LogP contribution in [0.4, 0.5) is 11.6 Å². The number of hydrogen-bond donors (Lipinski definition) is 1. The first-order valence-corrected chi connectivity index (χ1v) is 6.87. The van der Waals surface area contributed by atoms with Gasteiger partial charge in [0.15, 0.2) is 0 Å². The van der Waals surface area contributed by atoms with Gasteiger partial charge in [-0.25, -0.2) is 9.97 Å². The molecule has 0 bridgehead atoms. The number of aromatic nitrogens is 2. The number of hydrogen-bond acceptors (Lipinski definition) is 5. The molecule has 19 heavy (non-hydrogen) atoms. The lowest BCUT2D eigenvalue weighted by molar-refractivity contribution is 0.672. The molecule has 5 heteroatoms. The van der Waals surface area contributed by atoms with E-state index in [4.69, 9.17) is 5.26 Å². The van der Waals surface area contributed by atoms with Crippen molar-refractivity contribution < 1.29 is 0 Å². The summed E-state index contributed by atoms with van der Waals surface area (Å²) < 4.78 is 0. The molecule has 0 aliphatic heterocycles. The molecule has 104 valence electrons. The van der Waals surface area contributed by atoms with Crippen LogP contribution >= 0.6 is 0 Å². The number of nitrogens with one attached hydrogen (secondary N) is 1. The van der Waals surface area contributed by atoms with Crippen LogP contribution in [0.25, 0.3) is 0 Å². The minimum atomic E-state index is 0.308. The van der Waals surface area contributed by atoms with Gasteiger partial charge in [0, 0.05) is 31.6 Å². The first kappa shape index (κ1) is 15.2. The molecular formula is C14H23N5. The van der Waals surface area contributed by atoms with Crippen molar-refractivity contribution >= 4 is 11.6 Å². The van der Waals surface area contributed by atoms with Crippen LogP contribution in [-0.2, 0) is 6.42 Å². The van der Waals surface area contributed by atoms with E-state index in [0.29, 0.717) is 19.0 Å². The zero-order chi connectivity index (χ0) is 14.3. The summed E-state index contributed by atoms with van der Waals surface area (Å²) in [5.74, 6) is 2.58. The third kappa shape index (κ3) is 4.40. The molecule has 0 saturated heterocycles. The van der Waals surface area contributed by atoms with Gasteiger partial charge in [0.25, 0.3) is 0 Å². The summed E-state index contributed by atoms with van der Waals surface area (Å²) in [4.78, 5) is 11.2. The van der Waals surface area contributed by atoms with Gasteiger partial charge in [-0.05, 0) is 20.8 Å². The van der Waals surface area contributed by atoms with Crippen molar-refractivity contribution in [2.24, 2.45) is 0 Å². The third-order valence-corrected chi connectivity index (χ3v) is 2.82. The summed E-state index contributed by atoms with van der Waals surface area (Å²) >= 11 is 0. The van der Waals surface area contributed by atoms with E-state index < -0.39 is 0 Å². The molecule has 1 rings (SSSR count). The maximum Gasteiger partial charge on any atom is 0.134 e. The predicted octanol–water partition coefficient (Wildman–Crippen LogP) is 2.60. The van der Waals surface area contributed by atoms with E-state index in [1.807, 2.05) is 19.9 Å². The maximum absolute atomic E-state index is 8.76. The summed E-state index contributed by atoms with van der Waals surface area (Å²) in [5.41, 5.74) is 0. The van der Waals surface area contributed by atoms with Crippen molar-refractivity contribution in [3.63, 3.8) is 0 Å². The number of anilines is 2. The van der Waals surface area contributed by atoms with Gasteiger partial charge in [0.05, 0.1) is 12.5 Å². The molecule has 0 spiro atoms. The molecule has 1 aromatic heterocycles. The standard InChI is InChI=1S/C14H23N5/c1-5-12-17-13(16-6-2)10-14(18-12)19(11(3)4)9-7-8-15/h10-11H,5-7,9H2,1-4H3,(H,16,17,18). The zero-order valence-electron chi connectivity index (χ0n) is 12.3. The van der Waals surface area contributed by atoms with Crippen LogP contribution in [0.5, 0.6) is 0 Å². The second kappa shape index (κ2) is 7.57. The highest BCUT2D eigenvalue weighted by Gasteiger charge is 2.14. The smallest absolute Gasteiger partial charge is 0.134 e. The molecule has 0 fully saturated rings. The lowest BCUT2D eigenvalue weighted by atomic mass is 10.2. The highest BCUT2D eigenvalue weighted by molar-refractivity contribution is 5.50. The lowest BCUT2D eigenvalue weighted by Gasteiger charge is -2.27. The number of aryl methyl sites for hydroxylation is 1. The Hall–Kier alpha value is -1.83. The highest BCUT2D eigenvalue weighted by Crippen LogP contribution is 2.19. The quantitative estimate of drug-likeness (QED) is 0.817. The molecule has 0 atom stereocenters. The van der Waals surface area contributed by atoms with Gasteiger partial charge in [0.1, 0.15) is 17.5 Å². The van der Waals surface area contributed by atoms with Crippen LogP contribution in [0.1, 0.15) is 39.9 Å². The fourth-order valence-corrected chi connectivity index (χ4v) is 1.87. The van der Waals surface area contributed by atoms with Gasteiger partial charge >= 0.3 is 0 Å². The maximum atomic E-state index is 8.76. The van der Waals surface area contributed by atoms with Crippen LogP contribution in [-0.4, -0.2) is 29.1 Å². The summed E-state index contributed by atoms with van der Waals surface area (Å²) in [6, 6.07) is 4.46. The third-order valence-electron chi connectivity index (χ3n) is 2.82. The normalized spacial score (nSPS) is 10.3. The minimum Gasteiger partial charge on any atom is -0.370 e. The fraction of sp³-hybridized carbons (Fsp3) is 0.643.